The highest BCUT2D eigenvalue weighted by Gasteiger charge is 2.21. The Hall–Kier alpha value is -2.36. The molecule has 2 aromatic rings. The molecule has 0 bridgehead atoms. The Balaban J connectivity index is 1.66. The van der Waals surface area contributed by atoms with Crippen LogP contribution in [-0.4, -0.2) is 68.1 Å². The number of nitrogens with zero attached hydrogens (tertiary/aromatic N) is 3. The van der Waals surface area contributed by atoms with Crippen molar-refractivity contribution in [1.29, 1.82) is 0 Å². The molecule has 1 aliphatic heterocycles. The molecule has 7 nitrogen and oxygen atoms in total. The standard InChI is InChI=1S/C20H26N4O3S2/c1-15-4-9-18(29(26,27)22(2)3)14-19(15)21-20(28)24-12-10-23(11-13-24)16-5-7-17(25)8-6-16/h4-9,14,25H,10-13H2,1-3H3,(H,21,28). The van der Waals surface area contributed by atoms with Crippen LogP contribution >= 0.6 is 12.2 Å². The third kappa shape index (κ3) is 4.80. The molecule has 9 heteroatoms. The zero-order valence-corrected chi connectivity index (χ0v) is 18.4. The third-order valence-corrected chi connectivity index (χ3v) is 7.18. The van der Waals surface area contributed by atoms with Gasteiger partial charge in [0, 0.05) is 51.6 Å². The molecule has 0 atom stereocenters. The predicted molar refractivity (Wildman–Crippen MR) is 120 cm³/mol. The van der Waals surface area contributed by atoms with Crippen LogP contribution in [0.15, 0.2) is 47.4 Å². The maximum Gasteiger partial charge on any atom is 0.242 e. The maximum atomic E-state index is 12.4. The molecule has 1 heterocycles. The molecule has 0 aromatic heterocycles. The molecular formula is C20H26N4O3S2. The van der Waals surface area contributed by atoms with E-state index in [2.05, 4.69) is 15.1 Å². The van der Waals surface area contributed by atoms with Crippen molar-refractivity contribution in [3.05, 3.63) is 48.0 Å². The van der Waals surface area contributed by atoms with Crippen molar-refractivity contribution in [3.63, 3.8) is 0 Å². The number of nitrogens with one attached hydrogen (secondary N) is 1. The van der Waals surface area contributed by atoms with Gasteiger partial charge in [-0.15, -0.1) is 0 Å². The van der Waals surface area contributed by atoms with Crippen LogP contribution < -0.4 is 10.2 Å². The summed E-state index contributed by atoms with van der Waals surface area (Å²) in [6.45, 7) is 5.03. The van der Waals surface area contributed by atoms with Crippen LogP contribution in [0.25, 0.3) is 0 Å². The molecule has 2 aromatic carbocycles. The molecule has 0 saturated carbocycles. The Kier molecular flexibility index (Phi) is 6.30. The molecule has 29 heavy (non-hydrogen) atoms. The van der Waals surface area contributed by atoms with Gasteiger partial charge in [0.05, 0.1) is 4.90 Å². The van der Waals surface area contributed by atoms with Gasteiger partial charge in [-0.3, -0.25) is 0 Å². The zero-order chi connectivity index (χ0) is 21.2. The van der Waals surface area contributed by atoms with Crippen molar-refractivity contribution in [3.8, 4) is 5.75 Å². The Labute approximate surface area is 177 Å². The number of hydrogen-bond donors (Lipinski definition) is 2. The Morgan fingerprint density at radius 1 is 1.07 bits per heavy atom. The first-order valence-electron chi connectivity index (χ1n) is 9.31. The lowest BCUT2D eigenvalue weighted by atomic mass is 10.2. The summed E-state index contributed by atoms with van der Waals surface area (Å²) in [5, 5.41) is 13.2. The summed E-state index contributed by atoms with van der Waals surface area (Å²) in [6.07, 6.45) is 0. The van der Waals surface area contributed by atoms with E-state index in [0.29, 0.717) is 10.8 Å². The molecular weight excluding hydrogens is 408 g/mol. The summed E-state index contributed by atoms with van der Waals surface area (Å²) in [7, 11) is -0.477. The monoisotopic (exact) mass is 434 g/mol. The van der Waals surface area contributed by atoms with E-state index in [1.807, 2.05) is 19.1 Å². The number of piperazine rings is 1. The summed E-state index contributed by atoms with van der Waals surface area (Å²) in [4.78, 5) is 4.56. The second-order valence-corrected chi connectivity index (χ2v) is 9.72. The summed E-state index contributed by atoms with van der Waals surface area (Å²) in [5.74, 6) is 0.256. The van der Waals surface area contributed by atoms with Crippen molar-refractivity contribution in [2.24, 2.45) is 0 Å². The van der Waals surface area contributed by atoms with E-state index < -0.39 is 10.0 Å². The molecule has 1 saturated heterocycles. The number of hydrogen-bond acceptors (Lipinski definition) is 5. The van der Waals surface area contributed by atoms with Gasteiger partial charge in [0.2, 0.25) is 10.0 Å². The summed E-state index contributed by atoms with van der Waals surface area (Å²) in [5.41, 5.74) is 2.69. The van der Waals surface area contributed by atoms with Crippen LogP contribution in [0.5, 0.6) is 5.75 Å². The Bertz CT molecular complexity index is 983. The van der Waals surface area contributed by atoms with E-state index in [0.717, 1.165) is 37.4 Å². The van der Waals surface area contributed by atoms with E-state index in [1.54, 1.807) is 30.3 Å². The number of phenolic OH excluding ortho intramolecular Hbond substituents is 1. The zero-order valence-electron chi connectivity index (χ0n) is 16.8. The Morgan fingerprint density at radius 2 is 1.69 bits per heavy atom. The third-order valence-electron chi connectivity index (χ3n) is 5.01. The fourth-order valence-corrected chi connectivity index (χ4v) is 4.35. The van der Waals surface area contributed by atoms with Gasteiger partial charge in [-0.05, 0) is 61.1 Å². The van der Waals surface area contributed by atoms with Gasteiger partial charge in [-0.1, -0.05) is 6.07 Å². The fourth-order valence-electron chi connectivity index (χ4n) is 3.13. The molecule has 156 valence electrons. The average Bonchev–Trinajstić information content (AvgIpc) is 2.70. The molecule has 2 N–H and O–H groups in total. The van der Waals surface area contributed by atoms with Crippen LogP contribution in [0, 0.1) is 6.92 Å². The van der Waals surface area contributed by atoms with E-state index in [-0.39, 0.29) is 10.6 Å². The maximum absolute atomic E-state index is 12.4. The molecule has 0 amide bonds. The smallest absolute Gasteiger partial charge is 0.242 e. The number of anilines is 2. The van der Waals surface area contributed by atoms with Gasteiger partial charge >= 0.3 is 0 Å². The first-order valence-corrected chi connectivity index (χ1v) is 11.2. The lowest BCUT2D eigenvalue weighted by Crippen LogP contribution is -2.50. The summed E-state index contributed by atoms with van der Waals surface area (Å²) in [6, 6.07) is 12.2. The topological polar surface area (TPSA) is 76.1 Å². The highest BCUT2D eigenvalue weighted by atomic mass is 32.2. The van der Waals surface area contributed by atoms with Crippen molar-refractivity contribution in [2.75, 3.05) is 50.5 Å². The second-order valence-electron chi connectivity index (χ2n) is 7.18. The van der Waals surface area contributed by atoms with Gasteiger partial charge < -0.3 is 20.2 Å². The number of benzene rings is 2. The fraction of sp³-hybridized carbons (Fsp3) is 0.350. The highest BCUT2D eigenvalue weighted by molar-refractivity contribution is 7.89. The van der Waals surface area contributed by atoms with Crippen LogP contribution in [-0.2, 0) is 10.0 Å². The highest BCUT2D eigenvalue weighted by Crippen LogP contribution is 2.23. The molecule has 0 aliphatic carbocycles. The first-order chi connectivity index (χ1) is 13.7. The first kappa shape index (κ1) is 21.4. The number of aromatic hydroxyl groups is 1. The van der Waals surface area contributed by atoms with E-state index in [9.17, 15) is 13.5 Å². The van der Waals surface area contributed by atoms with Crippen LogP contribution in [0.1, 0.15) is 5.56 Å². The number of aryl methyl sites for hydroxylation is 1. The normalized spacial score (nSPS) is 14.9. The van der Waals surface area contributed by atoms with Crippen molar-refractivity contribution >= 4 is 38.7 Å². The van der Waals surface area contributed by atoms with Crippen molar-refractivity contribution in [2.45, 2.75) is 11.8 Å². The molecule has 3 rings (SSSR count). The molecule has 0 spiro atoms. The van der Waals surface area contributed by atoms with Gasteiger partial charge in [0.25, 0.3) is 0 Å². The minimum Gasteiger partial charge on any atom is -0.508 e. The predicted octanol–water partition coefficient (Wildman–Crippen LogP) is 2.47. The number of rotatable bonds is 4. The Morgan fingerprint density at radius 3 is 2.28 bits per heavy atom. The second kappa shape index (κ2) is 8.56. The number of sulfonamides is 1. The largest absolute Gasteiger partial charge is 0.508 e. The summed E-state index contributed by atoms with van der Waals surface area (Å²) < 4.78 is 26.0. The van der Waals surface area contributed by atoms with Crippen LogP contribution in [0.4, 0.5) is 11.4 Å². The number of phenols is 1. The van der Waals surface area contributed by atoms with Gasteiger partial charge in [-0.25, -0.2) is 12.7 Å². The van der Waals surface area contributed by atoms with Crippen molar-refractivity contribution < 1.29 is 13.5 Å². The van der Waals surface area contributed by atoms with Crippen molar-refractivity contribution in [1.82, 2.24) is 9.21 Å². The lowest BCUT2D eigenvalue weighted by Gasteiger charge is -2.37. The number of thiocarbonyl (C=S) groups is 1. The molecule has 0 unspecified atom stereocenters. The van der Waals surface area contributed by atoms with E-state index in [1.165, 1.54) is 18.4 Å². The van der Waals surface area contributed by atoms with E-state index >= 15 is 0 Å². The minimum absolute atomic E-state index is 0.232. The molecule has 0 radical (unpaired) electrons. The lowest BCUT2D eigenvalue weighted by molar-refractivity contribution is 0.391. The van der Waals surface area contributed by atoms with E-state index in [4.69, 9.17) is 12.2 Å². The average molecular weight is 435 g/mol. The summed E-state index contributed by atoms with van der Waals surface area (Å²) >= 11 is 5.58. The van der Waals surface area contributed by atoms with Crippen LogP contribution in [0.3, 0.4) is 0 Å². The van der Waals surface area contributed by atoms with Gasteiger partial charge in [0.1, 0.15) is 5.75 Å². The van der Waals surface area contributed by atoms with Crippen LogP contribution in [0.2, 0.25) is 0 Å². The SMILES string of the molecule is Cc1ccc(S(=O)(=O)N(C)C)cc1NC(=S)N1CCN(c2ccc(O)cc2)CC1. The van der Waals surface area contributed by atoms with Gasteiger partial charge in [-0.2, -0.15) is 0 Å². The molecule has 1 aliphatic rings. The quantitative estimate of drug-likeness (QED) is 0.716. The minimum atomic E-state index is -3.51. The molecule has 1 fully saturated rings. The van der Waals surface area contributed by atoms with Gasteiger partial charge in [0.15, 0.2) is 5.11 Å².